The smallest absolute Gasteiger partial charge is 0.351 e. The average Bonchev–Trinajstić information content (AvgIpc) is 2.70. The fourth-order valence-electron chi connectivity index (χ4n) is 4.16. The van der Waals surface area contributed by atoms with Gasteiger partial charge in [-0.2, -0.15) is 0 Å². The lowest BCUT2D eigenvalue weighted by Gasteiger charge is -2.34. The molecule has 1 N–H and O–H groups in total. The van der Waals surface area contributed by atoms with Crippen LogP contribution in [0.3, 0.4) is 0 Å². The largest absolute Gasteiger partial charge is 0.430 e. The molecule has 2 aliphatic heterocycles. The topological polar surface area (TPSA) is 48.1 Å². The van der Waals surface area contributed by atoms with Gasteiger partial charge in [0.15, 0.2) is 0 Å². The third kappa shape index (κ3) is 4.74. The number of benzene rings is 2. The predicted molar refractivity (Wildman–Crippen MR) is 120 cm³/mol. The fourth-order valence-corrected chi connectivity index (χ4v) is 4.72. The van der Waals surface area contributed by atoms with Gasteiger partial charge in [-0.05, 0) is 49.0 Å². The monoisotopic (exact) mass is 448 g/mol. The molecule has 0 aromatic heterocycles. The molecule has 0 bridgehead atoms. The first-order valence-corrected chi connectivity index (χ1v) is 10.8. The number of halogens is 2. The van der Waals surface area contributed by atoms with Crippen LogP contribution in [0.25, 0.3) is 0 Å². The van der Waals surface area contributed by atoms with Crippen LogP contribution in [0.1, 0.15) is 22.6 Å². The molecule has 2 heterocycles. The SMILES string of the molecule is CN1CCN(OC(=O)Nc2ccccc2C2CN(C)Cc3c(Cl)cc(Cl)cc32)CC1. The highest BCUT2D eigenvalue weighted by Crippen LogP contribution is 2.40. The second-order valence-corrected chi connectivity index (χ2v) is 8.87. The number of nitrogens with one attached hydrogen (secondary N) is 1. The van der Waals surface area contributed by atoms with Crippen molar-refractivity contribution in [1.82, 2.24) is 14.9 Å². The maximum absolute atomic E-state index is 12.6. The van der Waals surface area contributed by atoms with Crippen LogP contribution < -0.4 is 5.32 Å². The Balaban J connectivity index is 1.57. The van der Waals surface area contributed by atoms with Crippen LogP contribution in [0, 0.1) is 0 Å². The van der Waals surface area contributed by atoms with Crippen molar-refractivity contribution in [3.05, 3.63) is 63.1 Å². The molecule has 1 saturated heterocycles. The maximum Gasteiger partial charge on any atom is 0.430 e. The number of para-hydroxylation sites is 1. The van der Waals surface area contributed by atoms with Crippen molar-refractivity contribution in [3.8, 4) is 0 Å². The quantitative estimate of drug-likeness (QED) is 0.758. The molecule has 1 amide bonds. The molecule has 0 spiro atoms. The second kappa shape index (κ2) is 9.12. The van der Waals surface area contributed by atoms with Crippen molar-refractivity contribution >= 4 is 35.0 Å². The maximum atomic E-state index is 12.6. The van der Waals surface area contributed by atoms with Crippen LogP contribution >= 0.6 is 23.2 Å². The normalized spacial score (nSPS) is 20.6. The van der Waals surface area contributed by atoms with Gasteiger partial charge < -0.3 is 14.6 Å². The van der Waals surface area contributed by atoms with Gasteiger partial charge in [0.1, 0.15) is 0 Å². The van der Waals surface area contributed by atoms with E-state index in [1.807, 2.05) is 30.3 Å². The molecule has 30 heavy (non-hydrogen) atoms. The van der Waals surface area contributed by atoms with Crippen LogP contribution in [-0.2, 0) is 11.4 Å². The highest BCUT2D eigenvalue weighted by atomic mass is 35.5. The molecule has 2 aromatic carbocycles. The highest BCUT2D eigenvalue weighted by molar-refractivity contribution is 6.35. The third-order valence-electron chi connectivity index (χ3n) is 5.74. The average molecular weight is 449 g/mol. The minimum Gasteiger partial charge on any atom is -0.351 e. The van der Waals surface area contributed by atoms with Crippen molar-refractivity contribution in [2.75, 3.05) is 52.1 Å². The van der Waals surface area contributed by atoms with Crippen molar-refractivity contribution in [2.24, 2.45) is 0 Å². The summed E-state index contributed by atoms with van der Waals surface area (Å²) in [5, 5.41) is 5.94. The molecule has 160 valence electrons. The number of carbonyl (C=O) groups is 1. The molecule has 8 heteroatoms. The standard InChI is InChI=1S/C22H26Cl2N4O2/c1-26-7-9-28(10-8-26)30-22(29)25-21-6-4-3-5-16(21)18-13-27(2)14-19-17(18)11-15(23)12-20(19)24/h3-6,11-12,18H,7-10,13-14H2,1-2H3,(H,25,29). The Morgan fingerprint density at radius 2 is 1.77 bits per heavy atom. The first-order chi connectivity index (χ1) is 14.4. The van der Waals surface area contributed by atoms with Gasteiger partial charge >= 0.3 is 6.09 Å². The van der Waals surface area contributed by atoms with Crippen LogP contribution in [0.4, 0.5) is 10.5 Å². The molecule has 0 saturated carbocycles. The molecule has 0 aliphatic carbocycles. The molecule has 1 unspecified atom stereocenters. The second-order valence-electron chi connectivity index (χ2n) is 8.03. The van der Waals surface area contributed by atoms with E-state index >= 15 is 0 Å². The Kier molecular flexibility index (Phi) is 6.51. The van der Waals surface area contributed by atoms with Crippen LogP contribution in [0.5, 0.6) is 0 Å². The number of hydroxylamine groups is 2. The summed E-state index contributed by atoms with van der Waals surface area (Å²) < 4.78 is 0. The van der Waals surface area contributed by atoms with Gasteiger partial charge in [-0.3, -0.25) is 5.32 Å². The van der Waals surface area contributed by atoms with Gasteiger partial charge in [-0.25, -0.2) is 4.79 Å². The molecular weight excluding hydrogens is 423 g/mol. The van der Waals surface area contributed by atoms with E-state index in [4.69, 9.17) is 28.0 Å². The van der Waals surface area contributed by atoms with Crippen LogP contribution in [0.2, 0.25) is 10.0 Å². The number of anilines is 1. The number of amides is 1. The molecular formula is C22H26Cl2N4O2. The lowest BCUT2D eigenvalue weighted by atomic mass is 9.84. The summed E-state index contributed by atoms with van der Waals surface area (Å²) in [6.07, 6.45) is -0.472. The zero-order valence-corrected chi connectivity index (χ0v) is 18.7. The van der Waals surface area contributed by atoms with E-state index in [0.29, 0.717) is 23.1 Å². The lowest BCUT2D eigenvalue weighted by molar-refractivity contribution is -0.115. The van der Waals surface area contributed by atoms with Crippen molar-refractivity contribution < 1.29 is 9.63 Å². The van der Waals surface area contributed by atoms with E-state index in [9.17, 15) is 4.79 Å². The Hall–Kier alpha value is -1.83. The van der Waals surface area contributed by atoms with Gasteiger partial charge in [0, 0.05) is 60.9 Å². The van der Waals surface area contributed by atoms with E-state index in [1.165, 1.54) is 0 Å². The molecule has 6 nitrogen and oxygen atoms in total. The number of carbonyl (C=O) groups excluding carboxylic acids is 1. The molecule has 4 rings (SSSR count). The zero-order chi connectivity index (χ0) is 21.3. The number of hydrogen-bond acceptors (Lipinski definition) is 5. The number of nitrogens with zero attached hydrogens (tertiary/aromatic N) is 3. The lowest BCUT2D eigenvalue weighted by Crippen LogP contribution is -2.45. The number of piperazine rings is 1. The minimum absolute atomic E-state index is 0.0371. The third-order valence-corrected chi connectivity index (χ3v) is 6.30. The summed E-state index contributed by atoms with van der Waals surface area (Å²) in [6.45, 7) is 4.71. The highest BCUT2D eigenvalue weighted by Gasteiger charge is 2.29. The summed E-state index contributed by atoms with van der Waals surface area (Å²) in [5.41, 5.74) is 3.93. The minimum atomic E-state index is -0.472. The van der Waals surface area contributed by atoms with E-state index in [1.54, 1.807) is 11.1 Å². The Morgan fingerprint density at radius 1 is 1.03 bits per heavy atom. The predicted octanol–water partition coefficient (Wildman–Crippen LogP) is 4.28. The Labute approximate surface area is 187 Å². The van der Waals surface area contributed by atoms with Gasteiger partial charge in [0.05, 0.1) is 0 Å². The van der Waals surface area contributed by atoms with Gasteiger partial charge in [0.25, 0.3) is 0 Å². The van der Waals surface area contributed by atoms with Crippen LogP contribution in [0.15, 0.2) is 36.4 Å². The van der Waals surface area contributed by atoms with Crippen LogP contribution in [-0.4, -0.2) is 67.8 Å². The summed E-state index contributed by atoms with van der Waals surface area (Å²) >= 11 is 12.8. The Bertz CT molecular complexity index is 931. The molecule has 1 atom stereocenters. The number of rotatable bonds is 3. The number of fused-ring (bicyclic) bond motifs is 1. The van der Waals surface area contributed by atoms with Gasteiger partial charge in [-0.15, -0.1) is 5.06 Å². The summed E-state index contributed by atoms with van der Waals surface area (Å²) in [5.74, 6) is 0.0371. The van der Waals surface area contributed by atoms with Gasteiger partial charge in [0.2, 0.25) is 0 Å². The molecule has 0 radical (unpaired) electrons. The van der Waals surface area contributed by atoms with Crippen molar-refractivity contribution in [3.63, 3.8) is 0 Å². The molecule has 2 aliphatic rings. The first kappa shape index (κ1) is 21.4. The summed E-state index contributed by atoms with van der Waals surface area (Å²) in [7, 11) is 4.13. The summed E-state index contributed by atoms with van der Waals surface area (Å²) in [4.78, 5) is 22.5. The first-order valence-electron chi connectivity index (χ1n) is 10.1. The summed E-state index contributed by atoms with van der Waals surface area (Å²) in [6, 6.07) is 11.6. The zero-order valence-electron chi connectivity index (χ0n) is 17.2. The Morgan fingerprint density at radius 3 is 2.53 bits per heavy atom. The van der Waals surface area contributed by atoms with Gasteiger partial charge in [-0.1, -0.05) is 41.4 Å². The molecule has 1 fully saturated rings. The van der Waals surface area contributed by atoms with E-state index in [2.05, 4.69) is 29.2 Å². The fraction of sp³-hybridized carbons (Fsp3) is 0.409. The van der Waals surface area contributed by atoms with E-state index in [0.717, 1.165) is 48.6 Å². The van der Waals surface area contributed by atoms with E-state index in [-0.39, 0.29) is 5.92 Å². The number of hydrogen-bond donors (Lipinski definition) is 1. The number of likely N-dealkylation sites (N-methyl/N-ethyl adjacent to an activating group) is 2. The molecule has 2 aromatic rings. The van der Waals surface area contributed by atoms with Crippen molar-refractivity contribution in [2.45, 2.75) is 12.5 Å². The van der Waals surface area contributed by atoms with E-state index < -0.39 is 6.09 Å². The van der Waals surface area contributed by atoms with Crippen molar-refractivity contribution in [1.29, 1.82) is 0 Å².